The molecule has 0 aliphatic carbocycles. The molecule has 0 aliphatic heterocycles. The predicted octanol–water partition coefficient (Wildman–Crippen LogP) is 2.70. The SMILES string of the molecule is CC(C)CC(C)n1cc(CCN(C)C)cc(F)c1=O. The molecule has 0 saturated carbocycles. The van der Waals surface area contributed by atoms with E-state index in [4.69, 9.17) is 0 Å². The zero-order valence-corrected chi connectivity index (χ0v) is 12.6. The lowest BCUT2D eigenvalue weighted by Gasteiger charge is -2.19. The number of aromatic nitrogens is 1. The molecule has 1 atom stereocenters. The van der Waals surface area contributed by atoms with Crippen LogP contribution in [0.15, 0.2) is 17.1 Å². The van der Waals surface area contributed by atoms with Crippen LogP contribution in [-0.4, -0.2) is 30.1 Å². The van der Waals surface area contributed by atoms with Crippen molar-refractivity contribution in [2.45, 2.75) is 39.7 Å². The second-order valence-electron chi connectivity index (χ2n) is 5.94. The molecule has 0 aromatic carbocycles. The van der Waals surface area contributed by atoms with Crippen LogP contribution in [0.2, 0.25) is 0 Å². The summed E-state index contributed by atoms with van der Waals surface area (Å²) in [6, 6.07) is 1.39. The molecule has 0 spiro atoms. The fourth-order valence-electron chi connectivity index (χ4n) is 2.23. The molecule has 1 aromatic heterocycles. The molecule has 0 N–H and O–H groups in total. The van der Waals surface area contributed by atoms with Crippen LogP contribution in [0.3, 0.4) is 0 Å². The van der Waals surface area contributed by atoms with E-state index in [2.05, 4.69) is 13.8 Å². The number of hydrogen-bond donors (Lipinski definition) is 0. The van der Waals surface area contributed by atoms with E-state index in [9.17, 15) is 9.18 Å². The molecule has 1 rings (SSSR count). The summed E-state index contributed by atoms with van der Waals surface area (Å²) in [6.07, 6.45) is 3.43. The molecule has 1 heterocycles. The van der Waals surface area contributed by atoms with Crippen LogP contribution in [0.1, 0.15) is 38.8 Å². The average molecular weight is 268 g/mol. The lowest BCUT2D eigenvalue weighted by Crippen LogP contribution is -2.27. The highest BCUT2D eigenvalue weighted by molar-refractivity contribution is 5.13. The van der Waals surface area contributed by atoms with Gasteiger partial charge in [0.2, 0.25) is 0 Å². The van der Waals surface area contributed by atoms with Gasteiger partial charge in [0.1, 0.15) is 0 Å². The summed E-state index contributed by atoms with van der Waals surface area (Å²) < 4.78 is 15.3. The van der Waals surface area contributed by atoms with Crippen LogP contribution in [0, 0.1) is 11.7 Å². The summed E-state index contributed by atoms with van der Waals surface area (Å²) in [5.41, 5.74) is 0.364. The zero-order valence-electron chi connectivity index (χ0n) is 12.6. The third-order valence-electron chi connectivity index (χ3n) is 3.19. The van der Waals surface area contributed by atoms with Crippen molar-refractivity contribution in [3.63, 3.8) is 0 Å². The zero-order chi connectivity index (χ0) is 14.6. The van der Waals surface area contributed by atoms with Gasteiger partial charge >= 0.3 is 0 Å². The molecule has 3 nitrogen and oxygen atoms in total. The fourth-order valence-corrected chi connectivity index (χ4v) is 2.23. The number of likely N-dealkylation sites (N-methyl/N-ethyl adjacent to an activating group) is 1. The largest absolute Gasteiger partial charge is 0.310 e. The van der Waals surface area contributed by atoms with Gasteiger partial charge < -0.3 is 9.47 Å². The predicted molar refractivity (Wildman–Crippen MR) is 77.1 cm³/mol. The molecule has 108 valence electrons. The first-order chi connectivity index (χ1) is 8.81. The Bertz CT molecular complexity index is 466. The van der Waals surface area contributed by atoms with Gasteiger partial charge in [-0.15, -0.1) is 0 Å². The van der Waals surface area contributed by atoms with Gasteiger partial charge in [-0.25, -0.2) is 4.39 Å². The van der Waals surface area contributed by atoms with Crippen molar-refractivity contribution in [3.8, 4) is 0 Å². The van der Waals surface area contributed by atoms with Gasteiger partial charge in [0.25, 0.3) is 5.56 Å². The molecule has 1 unspecified atom stereocenters. The number of nitrogens with zero attached hydrogens (tertiary/aromatic N) is 2. The van der Waals surface area contributed by atoms with E-state index < -0.39 is 11.4 Å². The van der Waals surface area contributed by atoms with E-state index in [1.807, 2.05) is 32.1 Å². The van der Waals surface area contributed by atoms with E-state index in [-0.39, 0.29) is 6.04 Å². The molecule has 0 radical (unpaired) electrons. The Labute approximate surface area is 115 Å². The molecule has 1 aromatic rings. The minimum absolute atomic E-state index is 0.0290. The third kappa shape index (κ3) is 4.78. The van der Waals surface area contributed by atoms with E-state index in [1.54, 1.807) is 4.57 Å². The molecule has 0 fully saturated rings. The van der Waals surface area contributed by atoms with Crippen molar-refractivity contribution in [2.24, 2.45) is 5.92 Å². The van der Waals surface area contributed by atoms with Gasteiger partial charge in [0, 0.05) is 18.8 Å². The van der Waals surface area contributed by atoms with Crippen molar-refractivity contribution in [1.82, 2.24) is 9.47 Å². The topological polar surface area (TPSA) is 25.2 Å². The number of hydrogen-bond acceptors (Lipinski definition) is 2. The van der Waals surface area contributed by atoms with Crippen LogP contribution >= 0.6 is 0 Å². The first-order valence-corrected chi connectivity index (χ1v) is 6.86. The number of halogens is 1. The van der Waals surface area contributed by atoms with Crippen molar-refractivity contribution >= 4 is 0 Å². The summed E-state index contributed by atoms with van der Waals surface area (Å²) in [5, 5.41) is 0. The van der Waals surface area contributed by atoms with Crippen LogP contribution in [0.25, 0.3) is 0 Å². The maximum absolute atomic E-state index is 13.7. The molecule has 4 heteroatoms. The Balaban J connectivity index is 2.99. The average Bonchev–Trinajstić information content (AvgIpc) is 2.29. The molecule has 0 amide bonds. The Morgan fingerprint density at radius 1 is 1.32 bits per heavy atom. The second kappa shape index (κ2) is 6.85. The Hall–Kier alpha value is -1.16. The Morgan fingerprint density at radius 3 is 2.47 bits per heavy atom. The van der Waals surface area contributed by atoms with Crippen LogP contribution in [-0.2, 0) is 6.42 Å². The Kier molecular flexibility index (Phi) is 5.73. The molecule has 19 heavy (non-hydrogen) atoms. The molecular weight excluding hydrogens is 243 g/mol. The summed E-state index contributed by atoms with van der Waals surface area (Å²) in [4.78, 5) is 13.9. The van der Waals surface area contributed by atoms with Crippen molar-refractivity contribution in [3.05, 3.63) is 34.0 Å². The van der Waals surface area contributed by atoms with Crippen molar-refractivity contribution in [2.75, 3.05) is 20.6 Å². The van der Waals surface area contributed by atoms with Crippen LogP contribution in [0.5, 0.6) is 0 Å². The van der Waals surface area contributed by atoms with Crippen molar-refractivity contribution in [1.29, 1.82) is 0 Å². The van der Waals surface area contributed by atoms with Gasteiger partial charge in [-0.1, -0.05) is 13.8 Å². The van der Waals surface area contributed by atoms with Gasteiger partial charge in [0.15, 0.2) is 5.82 Å². The summed E-state index contributed by atoms with van der Waals surface area (Å²) in [5.74, 6) is -0.165. The van der Waals surface area contributed by atoms with Gasteiger partial charge in [0.05, 0.1) is 0 Å². The summed E-state index contributed by atoms with van der Waals surface area (Å²) in [6.45, 7) is 7.02. The minimum Gasteiger partial charge on any atom is -0.310 e. The Morgan fingerprint density at radius 2 is 1.95 bits per heavy atom. The highest BCUT2D eigenvalue weighted by atomic mass is 19.1. The number of pyridine rings is 1. The first-order valence-electron chi connectivity index (χ1n) is 6.86. The van der Waals surface area contributed by atoms with Gasteiger partial charge in [-0.2, -0.15) is 0 Å². The van der Waals surface area contributed by atoms with Crippen LogP contribution in [0.4, 0.5) is 4.39 Å². The second-order valence-corrected chi connectivity index (χ2v) is 5.94. The van der Waals surface area contributed by atoms with E-state index in [0.29, 0.717) is 5.92 Å². The lowest BCUT2D eigenvalue weighted by molar-refractivity contribution is 0.399. The summed E-state index contributed by atoms with van der Waals surface area (Å²) >= 11 is 0. The highest BCUT2D eigenvalue weighted by Gasteiger charge is 2.13. The fraction of sp³-hybridized carbons (Fsp3) is 0.667. The van der Waals surface area contributed by atoms with E-state index in [0.717, 1.165) is 24.9 Å². The lowest BCUT2D eigenvalue weighted by atomic mass is 10.0. The smallest absolute Gasteiger partial charge is 0.286 e. The van der Waals surface area contributed by atoms with Crippen molar-refractivity contribution < 1.29 is 4.39 Å². The minimum atomic E-state index is -0.646. The third-order valence-corrected chi connectivity index (χ3v) is 3.19. The normalized spacial score (nSPS) is 13.3. The standard InChI is InChI=1S/C15H25FN2O/c1-11(2)8-12(3)18-10-13(6-7-17(4)5)9-14(16)15(18)19/h9-12H,6-8H2,1-5H3. The summed E-state index contributed by atoms with van der Waals surface area (Å²) in [7, 11) is 3.96. The quantitative estimate of drug-likeness (QED) is 0.792. The number of rotatable bonds is 6. The van der Waals surface area contributed by atoms with E-state index >= 15 is 0 Å². The van der Waals surface area contributed by atoms with Gasteiger partial charge in [-0.05, 0) is 51.4 Å². The van der Waals surface area contributed by atoms with Crippen LogP contribution < -0.4 is 5.56 Å². The highest BCUT2D eigenvalue weighted by Crippen LogP contribution is 2.16. The maximum Gasteiger partial charge on any atom is 0.286 e. The molecule has 0 aliphatic rings. The molecule has 0 bridgehead atoms. The van der Waals surface area contributed by atoms with Gasteiger partial charge in [-0.3, -0.25) is 4.79 Å². The first kappa shape index (κ1) is 15.9. The monoisotopic (exact) mass is 268 g/mol. The molecule has 0 saturated heterocycles. The van der Waals surface area contributed by atoms with E-state index in [1.165, 1.54) is 6.07 Å². The molecular formula is C15H25FN2O. The maximum atomic E-state index is 13.7.